The predicted octanol–water partition coefficient (Wildman–Crippen LogP) is 2.91. The minimum Gasteiger partial charge on any atom is -0.389 e. The molecule has 2 aromatic heterocycles. The number of primary amides is 2. The normalized spacial score (nSPS) is 11.3. The van der Waals surface area contributed by atoms with Gasteiger partial charge in [-0.25, -0.2) is 28.0 Å². The van der Waals surface area contributed by atoms with Crippen molar-refractivity contribution in [3.05, 3.63) is 66.4 Å². The van der Waals surface area contributed by atoms with Crippen molar-refractivity contribution < 1.29 is 32.1 Å². The molecule has 39 heavy (non-hydrogen) atoms. The van der Waals surface area contributed by atoms with Crippen LogP contribution in [0.5, 0.6) is 5.88 Å². The Hall–Kier alpha value is -5.11. The summed E-state index contributed by atoms with van der Waals surface area (Å²) in [5.74, 6) is -0.804. The Balaban J connectivity index is 1.68. The maximum Gasteiger partial charge on any atom is 0.411 e. The minimum absolute atomic E-state index is 0.0152. The first-order chi connectivity index (χ1) is 18.5. The van der Waals surface area contributed by atoms with Crippen LogP contribution in [-0.4, -0.2) is 46.8 Å². The molecule has 0 bridgehead atoms. The van der Waals surface area contributed by atoms with Crippen LogP contribution in [0.4, 0.5) is 9.59 Å². The van der Waals surface area contributed by atoms with E-state index in [2.05, 4.69) is 15.1 Å². The molecule has 200 valence electrons. The molecule has 0 aliphatic rings. The van der Waals surface area contributed by atoms with E-state index < -0.39 is 33.1 Å². The summed E-state index contributed by atoms with van der Waals surface area (Å²) in [7, 11) is -3.46. The number of aromatic nitrogens is 3. The SMILES string of the molecule is CC(C)S(=O)(=O)c1ccc(-c2cnc(OC(N)=O)c(-c3cc(-c4ccc(C(=O)NC(N)=O)cc4)no3)n2)cc1. The van der Waals surface area contributed by atoms with Crippen LogP contribution in [0, 0.1) is 0 Å². The summed E-state index contributed by atoms with van der Waals surface area (Å²) in [6, 6.07) is 12.7. The van der Waals surface area contributed by atoms with E-state index in [4.69, 9.17) is 20.7 Å². The lowest BCUT2D eigenvalue weighted by molar-refractivity contribution is 0.0966. The number of nitrogens with zero attached hydrogens (tertiary/aromatic N) is 3. The highest BCUT2D eigenvalue weighted by Gasteiger charge is 2.21. The van der Waals surface area contributed by atoms with E-state index in [0.717, 1.165) is 0 Å². The molecule has 0 saturated carbocycles. The third-order valence-corrected chi connectivity index (χ3v) is 7.63. The van der Waals surface area contributed by atoms with Gasteiger partial charge in [0.2, 0.25) is 0 Å². The van der Waals surface area contributed by atoms with Gasteiger partial charge in [-0.2, -0.15) is 0 Å². The van der Waals surface area contributed by atoms with E-state index in [1.54, 1.807) is 38.1 Å². The van der Waals surface area contributed by atoms with Crippen molar-refractivity contribution in [2.75, 3.05) is 0 Å². The first-order valence-electron chi connectivity index (χ1n) is 11.3. The molecule has 0 spiro atoms. The first kappa shape index (κ1) is 26.9. The van der Waals surface area contributed by atoms with Gasteiger partial charge >= 0.3 is 12.1 Å². The Kier molecular flexibility index (Phi) is 7.40. The van der Waals surface area contributed by atoms with Gasteiger partial charge in [-0.3, -0.25) is 10.1 Å². The van der Waals surface area contributed by atoms with Crippen LogP contribution in [0.15, 0.2) is 70.2 Å². The van der Waals surface area contributed by atoms with Crippen molar-refractivity contribution in [2.24, 2.45) is 11.5 Å². The second-order valence-electron chi connectivity index (χ2n) is 8.42. The quantitative estimate of drug-likeness (QED) is 0.306. The summed E-state index contributed by atoms with van der Waals surface area (Å²) < 4.78 is 35.3. The molecular formula is C25H22N6O7S. The number of sulfone groups is 1. The molecule has 14 heteroatoms. The average Bonchev–Trinajstić information content (AvgIpc) is 3.38. The smallest absolute Gasteiger partial charge is 0.389 e. The lowest BCUT2D eigenvalue weighted by Crippen LogP contribution is -2.34. The fourth-order valence-corrected chi connectivity index (χ4v) is 4.49. The molecular weight excluding hydrogens is 528 g/mol. The fourth-order valence-electron chi connectivity index (χ4n) is 3.43. The monoisotopic (exact) mass is 550 g/mol. The maximum atomic E-state index is 12.4. The molecule has 4 amide bonds. The Bertz CT molecular complexity index is 1660. The van der Waals surface area contributed by atoms with Crippen molar-refractivity contribution in [3.8, 4) is 39.8 Å². The van der Waals surface area contributed by atoms with Gasteiger partial charge in [0, 0.05) is 22.8 Å². The van der Waals surface area contributed by atoms with Crippen LogP contribution >= 0.6 is 0 Å². The van der Waals surface area contributed by atoms with Crippen molar-refractivity contribution in [3.63, 3.8) is 0 Å². The topological polar surface area (TPSA) is 210 Å². The van der Waals surface area contributed by atoms with E-state index in [1.165, 1.54) is 36.5 Å². The maximum absolute atomic E-state index is 12.4. The van der Waals surface area contributed by atoms with Crippen molar-refractivity contribution in [1.29, 1.82) is 0 Å². The van der Waals surface area contributed by atoms with Crippen molar-refractivity contribution in [1.82, 2.24) is 20.4 Å². The summed E-state index contributed by atoms with van der Waals surface area (Å²) in [6.07, 6.45) is 0.215. The average molecular weight is 551 g/mol. The number of amides is 4. The third kappa shape index (κ3) is 5.91. The summed E-state index contributed by atoms with van der Waals surface area (Å²) in [6.45, 7) is 3.19. The number of urea groups is 1. The largest absolute Gasteiger partial charge is 0.411 e. The molecule has 4 aromatic rings. The van der Waals surface area contributed by atoms with Crippen LogP contribution < -0.4 is 21.5 Å². The zero-order valence-electron chi connectivity index (χ0n) is 20.6. The summed E-state index contributed by atoms with van der Waals surface area (Å²) in [5.41, 5.74) is 12.1. The van der Waals surface area contributed by atoms with Crippen molar-refractivity contribution in [2.45, 2.75) is 24.0 Å². The van der Waals surface area contributed by atoms with E-state index in [9.17, 15) is 22.8 Å². The molecule has 13 nitrogen and oxygen atoms in total. The predicted molar refractivity (Wildman–Crippen MR) is 138 cm³/mol. The lowest BCUT2D eigenvalue weighted by Gasteiger charge is -2.09. The molecule has 0 unspecified atom stereocenters. The van der Waals surface area contributed by atoms with Crippen LogP contribution in [-0.2, 0) is 9.84 Å². The summed E-state index contributed by atoms with van der Waals surface area (Å²) >= 11 is 0. The zero-order chi connectivity index (χ0) is 28.3. The number of imide groups is 1. The van der Waals surface area contributed by atoms with E-state index in [-0.39, 0.29) is 27.8 Å². The highest BCUT2D eigenvalue weighted by atomic mass is 32.2. The second kappa shape index (κ2) is 10.7. The standard InChI is InChI=1S/C25H22N6O7S/c1-13(2)39(35,36)17-9-7-15(8-10-17)19-12-28-23(37-25(27)34)21(29-19)20-11-18(31-38-20)14-3-5-16(6-4-14)22(32)30-24(26)33/h3-13H,1-2H3,(H2,27,34)(H3,26,30,32,33). The number of ether oxygens (including phenoxy) is 1. The third-order valence-electron chi connectivity index (χ3n) is 5.46. The van der Waals surface area contributed by atoms with Gasteiger partial charge in [0.25, 0.3) is 11.8 Å². The lowest BCUT2D eigenvalue weighted by atomic mass is 10.1. The molecule has 0 radical (unpaired) electrons. The number of hydrogen-bond donors (Lipinski definition) is 3. The fraction of sp³-hybridized carbons (Fsp3) is 0.120. The Morgan fingerprint density at radius 1 is 0.949 bits per heavy atom. The number of rotatable bonds is 7. The molecule has 0 aliphatic carbocycles. The van der Waals surface area contributed by atoms with Crippen molar-refractivity contribution >= 4 is 27.9 Å². The first-order valence-corrected chi connectivity index (χ1v) is 12.9. The van der Waals surface area contributed by atoms with Gasteiger partial charge in [-0.1, -0.05) is 29.4 Å². The highest BCUT2D eigenvalue weighted by molar-refractivity contribution is 7.92. The van der Waals surface area contributed by atoms with Gasteiger partial charge in [0.05, 0.1) is 22.0 Å². The summed E-state index contributed by atoms with van der Waals surface area (Å²) in [5, 5.41) is 5.40. The number of carbonyl (C=O) groups is 3. The van der Waals surface area contributed by atoms with Gasteiger partial charge in [0.1, 0.15) is 5.69 Å². The number of nitrogens with one attached hydrogen (secondary N) is 1. The highest BCUT2D eigenvalue weighted by Crippen LogP contribution is 2.32. The Labute approximate surface area is 222 Å². The summed E-state index contributed by atoms with van der Waals surface area (Å²) in [4.78, 5) is 43.0. The second-order valence-corrected chi connectivity index (χ2v) is 10.9. The van der Waals surface area contributed by atoms with Crippen LogP contribution in [0.25, 0.3) is 34.0 Å². The van der Waals surface area contributed by atoms with Crippen LogP contribution in [0.1, 0.15) is 24.2 Å². The Morgan fingerprint density at radius 2 is 1.56 bits per heavy atom. The van der Waals surface area contributed by atoms with Gasteiger partial charge in [0.15, 0.2) is 21.3 Å². The van der Waals surface area contributed by atoms with Gasteiger partial charge in [-0.05, 0) is 38.1 Å². The molecule has 0 fully saturated rings. The van der Waals surface area contributed by atoms with Gasteiger partial charge < -0.3 is 20.7 Å². The number of nitrogens with two attached hydrogens (primary N) is 2. The zero-order valence-corrected chi connectivity index (χ0v) is 21.4. The molecule has 2 aromatic carbocycles. The van der Waals surface area contributed by atoms with Crippen LogP contribution in [0.2, 0.25) is 0 Å². The van der Waals surface area contributed by atoms with E-state index in [1.807, 2.05) is 5.32 Å². The van der Waals surface area contributed by atoms with E-state index in [0.29, 0.717) is 22.5 Å². The van der Waals surface area contributed by atoms with Crippen LogP contribution in [0.3, 0.4) is 0 Å². The molecule has 2 heterocycles. The Morgan fingerprint density at radius 3 is 2.15 bits per heavy atom. The minimum atomic E-state index is -3.46. The number of hydrogen-bond acceptors (Lipinski definition) is 10. The molecule has 4 rings (SSSR count). The number of benzene rings is 2. The molecule has 0 aliphatic heterocycles. The van der Waals surface area contributed by atoms with E-state index >= 15 is 0 Å². The molecule has 0 atom stereocenters. The molecule has 0 saturated heterocycles. The molecule has 5 N–H and O–H groups in total. The number of carbonyl (C=O) groups excluding carboxylic acids is 3. The van der Waals surface area contributed by atoms with Gasteiger partial charge in [-0.15, -0.1) is 0 Å².